The highest BCUT2D eigenvalue weighted by atomic mass is 16.5. The zero-order chi connectivity index (χ0) is 27.4. The van der Waals surface area contributed by atoms with E-state index in [-0.39, 0.29) is 17.2 Å². The fourth-order valence-corrected chi connectivity index (χ4v) is 4.26. The zero-order valence-electron chi connectivity index (χ0n) is 22.2. The number of hydrogen-bond acceptors (Lipinski definition) is 8. The summed E-state index contributed by atoms with van der Waals surface area (Å²) in [5, 5.41) is 15.3. The van der Waals surface area contributed by atoms with Crippen LogP contribution in [0.5, 0.6) is 17.2 Å². The van der Waals surface area contributed by atoms with Gasteiger partial charge in [-0.25, -0.2) is 0 Å². The van der Waals surface area contributed by atoms with Crippen LogP contribution in [-0.4, -0.2) is 42.3 Å². The molecule has 1 aliphatic heterocycles. The molecule has 0 spiro atoms. The lowest BCUT2D eigenvalue weighted by Gasteiger charge is -2.24. The third kappa shape index (κ3) is 5.37. The van der Waals surface area contributed by atoms with Crippen LogP contribution >= 0.6 is 0 Å². The SMILES string of the molecule is CCOc1ccc(/C(O)=C2\C(=O)C(=O)N(c3cc(C)on3)[C@@H]2c2ccc(OCCC(C)C)c(OC)c2)cc1. The van der Waals surface area contributed by atoms with Crippen LogP contribution in [0.1, 0.15) is 50.1 Å². The second-order valence-corrected chi connectivity index (χ2v) is 9.36. The number of hydrogen-bond donors (Lipinski definition) is 1. The van der Waals surface area contributed by atoms with Gasteiger partial charge in [0.1, 0.15) is 17.3 Å². The quantitative estimate of drug-likeness (QED) is 0.214. The fraction of sp³-hybridized carbons (Fsp3) is 0.345. The Bertz CT molecular complexity index is 1340. The van der Waals surface area contributed by atoms with Crippen LogP contribution < -0.4 is 19.1 Å². The number of aliphatic hydroxyl groups excluding tert-OH is 1. The summed E-state index contributed by atoms with van der Waals surface area (Å²) >= 11 is 0. The number of carbonyl (C=O) groups is 2. The van der Waals surface area contributed by atoms with E-state index in [1.807, 2.05) is 6.92 Å². The van der Waals surface area contributed by atoms with Crippen LogP contribution in [0.2, 0.25) is 0 Å². The maximum Gasteiger partial charge on any atom is 0.301 e. The molecule has 0 aliphatic carbocycles. The number of aryl methyl sites for hydroxylation is 1. The number of amides is 1. The van der Waals surface area contributed by atoms with Crippen molar-refractivity contribution in [3.63, 3.8) is 0 Å². The Morgan fingerprint density at radius 3 is 2.42 bits per heavy atom. The molecule has 1 saturated heterocycles. The van der Waals surface area contributed by atoms with Gasteiger partial charge in [0.25, 0.3) is 5.78 Å². The number of anilines is 1. The number of ketones is 1. The molecule has 200 valence electrons. The normalized spacial score (nSPS) is 16.8. The first-order valence-electron chi connectivity index (χ1n) is 12.5. The molecule has 0 bridgehead atoms. The van der Waals surface area contributed by atoms with Crippen molar-refractivity contribution in [3.05, 3.63) is 71.0 Å². The molecule has 38 heavy (non-hydrogen) atoms. The Morgan fingerprint density at radius 1 is 1.08 bits per heavy atom. The van der Waals surface area contributed by atoms with Crippen LogP contribution in [0, 0.1) is 12.8 Å². The van der Waals surface area contributed by atoms with Crippen molar-refractivity contribution < 1.29 is 33.4 Å². The molecule has 9 heteroatoms. The minimum atomic E-state index is -0.982. The fourth-order valence-electron chi connectivity index (χ4n) is 4.26. The van der Waals surface area contributed by atoms with Gasteiger partial charge in [-0.15, -0.1) is 0 Å². The van der Waals surface area contributed by atoms with Crippen molar-refractivity contribution in [2.24, 2.45) is 5.92 Å². The van der Waals surface area contributed by atoms with Crippen LogP contribution in [0.4, 0.5) is 5.82 Å². The van der Waals surface area contributed by atoms with E-state index in [9.17, 15) is 14.7 Å². The lowest BCUT2D eigenvalue weighted by atomic mass is 9.95. The van der Waals surface area contributed by atoms with Crippen LogP contribution in [0.15, 0.2) is 58.6 Å². The number of nitrogens with zero attached hydrogens (tertiary/aromatic N) is 2. The number of benzene rings is 2. The zero-order valence-corrected chi connectivity index (χ0v) is 22.2. The van der Waals surface area contributed by atoms with Gasteiger partial charge in [0, 0.05) is 11.6 Å². The third-order valence-corrected chi connectivity index (χ3v) is 6.20. The average molecular weight is 521 g/mol. The van der Waals surface area contributed by atoms with Crippen molar-refractivity contribution in [2.45, 2.75) is 40.2 Å². The number of aromatic nitrogens is 1. The van der Waals surface area contributed by atoms with E-state index in [0.717, 1.165) is 6.42 Å². The molecule has 1 aromatic heterocycles. The Balaban J connectivity index is 1.82. The molecule has 0 saturated carbocycles. The topological polar surface area (TPSA) is 111 Å². The van der Waals surface area contributed by atoms with Crippen molar-refractivity contribution in [2.75, 3.05) is 25.2 Å². The van der Waals surface area contributed by atoms with Gasteiger partial charge in [-0.3, -0.25) is 14.5 Å². The number of Topliss-reactive ketones (excluding diaryl/α,β-unsaturated/α-hetero) is 1. The Kier molecular flexibility index (Phi) is 8.05. The number of methoxy groups -OCH3 is 1. The molecule has 9 nitrogen and oxygen atoms in total. The molecule has 2 heterocycles. The monoisotopic (exact) mass is 520 g/mol. The highest BCUT2D eigenvalue weighted by Crippen LogP contribution is 2.44. The summed E-state index contributed by atoms with van der Waals surface area (Å²) in [6.07, 6.45) is 0.874. The molecule has 4 rings (SSSR count). The molecule has 0 unspecified atom stereocenters. The summed E-state index contributed by atoms with van der Waals surface area (Å²) in [4.78, 5) is 27.9. The van der Waals surface area contributed by atoms with E-state index in [0.29, 0.717) is 53.3 Å². The van der Waals surface area contributed by atoms with Gasteiger partial charge in [0.05, 0.1) is 31.9 Å². The number of rotatable bonds is 10. The van der Waals surface area contributed by atoms with Gasteiger partial charge in [-0.05, 0) is 68.1 Å². The number of ether oxygens (including phenoxy) is 3. The second kappa shape index (κ2) is 11.4. The van der Waals surface area contributed by atoms with E-state index in [1.165, 1.54) is 12.0 Å². The highest BCUT2D eigenvalue weighted by Gasteiger charge is 2.48. The minimum absolute atomic E-state index is 0.0738. The predicted octanol–water partition coefficient (Wildman–Crippen LogP) is 5.44. The van der Waals surface area contributed by atoms with Crippen LogP contribution in [0.3, 0.4) is 0 Å². The first-order valence-corrected chi connectivity index (χ1v) is 12.5. The van der Waals surface area contributed by atoms with E-state index >= 15 is 0 Å². The summed E-state index contributed by atoms with van der Waals surface area (Å²) in [5.41, 5.74) is 0.828. The molecule has 1 fully saturated rings. The molecule has 2 aromatic carbocycles. The minimum Gasteiger partial charge on any atom is -0.507 e. The molecule has 1 atom stereocenters. The Labute approximate surface area is 221 Å². The summed E-state index contributed by atoms with van der Waals surface area (Å²) < 4.78 is 22.2. The molecule has 0 radical (unpaired) electrons. The highest BCUT2D eigenvalue weighted by molar-refractivity contribution is 6.51. The Morgan fingerprint density at radius 2 is 1.82 bits per heavy atom. The van der Waals surface area contributed by atoms with E-state index in [1.54, 1.807) is 55.5 Å². The predicted molar refractivity (Wildman–Crippen MR) is 142 cm³/mol. The van der Waals surface area contributed by atoms with Gasteiger partial charge < -0.3 is 23.8 Å². The summed E-state index contributed by atoms with van der Waals surface area (Å²) in [7, 11) is 1.52. The number of carbonyl (C=O) groups excluding carboxylic acids is 2. The van der Waals surface area contributed by atoms with E-state index in [4.69, 9.17) is 18.7 Å². The van der Waals surface area contributed by atoms with Gasteiger partial charge >= 0.3 is 5.91 Å². The molecule has 3 aromatic rings. The maximum atomic E-state index is 13.3. The first kappa shape index (κ1) is 26.8. The van der Waals surface area contributed by atoms with Gasteiger partial charge in [0.15, 0.2) is 17.3 Å². The smallest absolute Gasteiger partial charge is 0.301 e. The molecule has 1 N–H and O–H groups in total. The molecule has 1 aliphatic rings. The average Bonchev–Trinajstić information content (AvgIpc) is 3.44. The van der Waals surface area contributed by atoms with Crippen molar-refractivity contribution in [1.29, 1.82) is 0 Å². The maximum absolute atomic E-state index is 13.3. The molecule has 1 amide bonds. The number of aliphatic hydroxyl groups is 1. The summed E-state index contributed by atoms with van der Waals surface area (Å²) in [5.74, 6) is 0.744. The van der Waals surface area contributed by atoms with Crippen LogP contribution in [-0.2, 0) is 9.59 Å². The summed E-state index contributed by atoms with van der Waals surface area (Å²) in [6.45, 7) is 8.80. The largest absolute Gasteiger partial charge is 0.507 e. The second-order valence-electron chi connectivity index (χ2n) is 9.36. The van der Waals surface area contributed by atoms with E-state index < -0.39 is 17.7 Å². The van der Waals surface area contributed by atoms with Gasteiger partial charge in [-0.2, -0.15) is 0 Å². The Hall–Kier alpha value is -4.27. The van der Waals surface area contributed by atoms with Gasteiger partial charge in [0.2, 0.25) is 0 Å². The first-order chi connectivity index (χ1) is 18.2. The lowest BCUT2D eigenvalue weighted by molar-refractivity contribution is -0.132. The van der Waals surface area contributed by atoms with Crippen LogP contribution in [0.25, 0.3) is 5.76 Å². The standard InChI is InChI=1S/C29H32N2O7/c1-6-36-21-10-7-19(8-11-21)27(32)25-26(31(29(34)28(25)33)24-15-18(4)38-30-24)20-9-12-22(23(16-20)35-5)37-14-13-17(2)3/h7-12,15-17,26,32H,6,13-14H2,1-5H3/b27-25+/t26-/m1/s1. The van der Waals surface area contributed by atoms with Crippen molar-refractivity contribution in [3.8, 4) is 17.2 Å². The van der Waals surface area contributed by atoms with E-state index in [2.05, 4.69) is 19.0 Å². The van der Waals surface area contributed by atoms with Crippen molar-refractivity contribution in [1.82, 2.24) is 5.16 Å². The molecular weight excluding hydrogens is 488 g/mol. The molecular formula is C29H32N2O7. The summed E-state index contributed by atoms with van der Waals surface area (Å²) in [6, 6.07) is 12.4. The lowest BCUT2D eigenvalue weighted by Crippen LogP contribution is -2.29. The van der Waals surface area contributed by atoms with Gasteiger partial charge in [-0.1, -0.05) is 25.1 Å². The third-order valence-electron chi connectivity index (χ3n) is 6.20. The van der Waals surface area contributed by atoms with Crippen molar-refractivity contribution >= 4 is 23.3 Å².